The van der Waals surface area contributed by atoms with Crippen LogP contribution in [0, 0.1) is 0 Å². The predicted molar refractivity (Wildman–Crippen MR) is 102 cm³/mol. The zero-order valence-electron chi connectivity index (χ0n) is 15.7. The summed E-state index contributed by atoms with van der Waals surface area (Å²) in [5, 5.41) is 0.149. The lowest BCUT2D eigenvalue weighted by Gasteiger charge is -2.14. The van der Waals surface area contributed by atoms with Crippen LogP contribution in [0.15, 0.2) is 14.7 Å². The Balaban J connectivity index is 2.52. The first kappa shape index (κ1) is 20.3. The highest BCUT2D eigenvalue weighted by atomic mass is 32.2. The summed E-state index contributed by atoms with van der Waals surface area (Å²) >= 11 is 1.28. The normalized spacial score (nSPS) is 12.5. The van der Waals surface area contributed by atoms with Crippen molar-refractivity contribution in [1.29, 1.82) is 0 Å². The lowest BCUT2D eigenvalue weighted by Crippen LogP contribution is -2.29. The Bertz CT molecular complexity index is 883. The molecule has 9 heteroatoms. The molecule has 26 heavy (non-hydrogen) atoms. The molecule has 2 heterocycles. The van der Waals surface area contributed by atoms with Crippen molar-refractivity contribution in [1.82, 2.24) is 19.1 Å². The van der Waals surface area contributed by atoms with E-state index in [0.717, 1.165) is 19.3 Å². The van der Waals surface area contributed by atoms with Crippen LogP contribution >= 0.6 is 11.8 Å². The molecule has 0 spiro atoms. The molecule has 2 aromatic heterocycles. The van der Waals surface area contributed by atoms with Crippen molar-refractivity contribution in [3.8, 4) is 0 Å². The van der Waals surface area contributed by atoms with Crippen LogP contribution in [0.5, 0.6) is 0 Å². The van der Waals surface area contributed by atoms with Crippen LogP contribution in [0.2, 0.25) is 0 Å². The molecule has 0 aliphatic rings. The summed E-state index contributed by atoms with van der Waals surface area (Å²) in [6.45, 7) is 6.70. The van der Waals surface area contributed by atoms with Gasteiger partial charge in [-0.15, -0.1) is 0 Å². The summed E-state index contributed by atoms with van der Waals surface area (Å²) in [4.78, 5) is 43.2. The fraction of sp³-hybridized carbons (Fsp3) is 0.647. The van der Waals surface area contributed by atoms with Crippen molar-refractivity contribution in [2.75, 3.05) is 6.61 Å². The average molecular weight is 382 g/mol. The standard InChI is InChI=1S/C17H26N4O4S/c1-5-8-9-10-21-12-13(20(4)16(24)19-14(12)22)18-17(21)26-11(6-2)15(23)25-7-3/h11H,5-10H2,1-4H3,(H,19,22,24). The van der Waals surface area contributed by atoms with Gasteiger partial charge < -0.3 is 9.30 Å². The van der Waals surface area contributed by atoms with Gasteiger partial charge in [-0.3, -0.25) is 19.1 Å². The van der Waals surface area contributed by atoms with E-state index in [2.05, 4.69) is 16.9 Å². The number of H-pyrrole nitrogens is 1. The van der Waals surface area contributed by atoms with Crippen LogP contribution in [0.3, 0.4) is 0 Å². The maximum atomic E-state index is 12.4. The minimum atomic E-state index is -0.505. The first-order valence-corrected chi connectivity index (χ1v) is 9.85. The van der Waals surface area contributed by atoms with Crippen molar-refractivity contribution in [3.05, 3.63) is 20.8 Å². The number of ether oxygens (including phenoxy) is 1. The van der Waals surface area contributed by atoms with Crippen molar-refractivity contribution in [2.45, 2.75) is 63.4 Å². The van der Waals surface area contributed by atoms with Crippen LogP contribution in [0.4, 0.5) is 0 Å². The fourth-order valence-corrected chi connectivity index (χ4v) is 3.73. The average Bonchev–Trinajstić information content (AvgIpc) is 2.97. The summed E-state index contributed by atoms with van der Waals surface area (Å²) in [7, 11) is 1.57. The van der Waals surface area contributed by atoms with Gasteiger partial charge in [-0.2, -0.15) is 0 Å². The van der Waals surface area contributed by atoms with Crippen molar-refractivity contribution >= 4 is 28.9 Å². The molecule has 1 N–H and O–H groups in total. The Morgan fingerprint density at radius 2 is 2.00 bits per heavy atom. The molecule has 8 nitrogen and oxygen atoms in total. The number of aromatic nitrogens is 4. The third kappa shape index (κ3) is 4.20. The highest BCUT2D eigenvalue weighted by molar-refractivity contribution is 8.00. The van der Waals surface area contributed by atoms with E-state index >= 15 is 0 Å². The molecule has 0 aromatic carbocycles. The Kier molecular flexibility index (Phi) is 7.07. The summed E-state index contributed by atoms with van der Waals surface area (Å²) in [6, 6.07) is 0. The number of imidazole rings is 1. The molecule has 1 unspecified atom stereocenters. The Labute approximate surface area is 156 Å². The van der Waals surface area contributed by atoms with Gasteiger partial charge in [-0.25, -0.2) is 9.78 Å². The molecule has 0 aliphatic heterocycles. The number of nitrogens with one attached hydrogen (secondary N) is 1. The zero-order chi connectivity index (χ0) is 19.3. The van der Waals surface area contributed by atoms with E-state index in [0.29, 0.717) is 35.9 Å². The first-order valence-electron chi connectivity index (χ1n) is 8.97. The van der Waals surface area contributed by atoms with E-state index < -0.39 is 16.5 Å². The highest BCUT2D eigenvalue weighted by Gasteiger charge is 2.24. The number of aryl methyl sites for hydroxylation is 2. The van der Waals surface area contributed by atoms with E-state index in [1.54, 1.807) is 14.0 Å². The minimum Gasteiger partial charge on any atom is -0.465 e. The molecule has 144 valence electrons. The SMILES string of the molecule is CCCCCn1c(SC(CC)C(=O)OCC)nc2c1c(=O)[nH]c(=O)n2C. The third-order valence-electron chi connectivity index (χ3n) is 4.13. The predicted octanol–water partition coefficient (Wildman–Crippen LogP) is 2.05. The number of thioether (sulfide) groups is 1. The van der Waals surface area contributed by atoms with E-state index in [1.807, 2.05) is 11.5 Å². The summed E-state index contributed by atoms with van der Waals surface area (Å²) < 4.78 is 8.26. The molecule has 0 fully saturated rings. The summed E-state index contributed by atoms with van der Waals surface area (Å²) in [6.07, 6.45) is 3.53. The maximum absolute atomic E-state index is 12.4. The van der Waals surface area contributed by atoms with Gasteiger partial charge in [0.1, 0.15) is 5.25 Å². The Morgan fingerprint density at radius 3 is 2.62 bits per heavy atom. The molecule has 0 aliphatic carbocycles. The number of nitrogens with zero attached hydrogens (tertiary/aromatic N) is 3. The molecule has 0 saturated heterocycles. The second-order valence-corrected chi connectivity index (χ2v) is 7.18. The van der Waals surface area contributed by atoms with Crippen LogP contribution < -0.4 is 11.2 Å². The van der Waals surface area contributed by atoms with Gasteiger partial charge in [0.05, 0.1) is 6.61 Å². The van der Waals surface area contributed by atoms with Gasteiger partial charge in [0.25, 0.3) is 5.56 Å². The lowest BCUT2D eigenvalue weighted by atomic mass is 10.2. The first-order chi connectivity index (χ1) is 12.4. The largest absolute Gasteiger partial charge is 0.465 e. The van der Waals surface area contributed by atoms with E-state index in [9.17, 15) is 14.4 Å². The minimum absolute atomic E-state index is 0.296. The van der Waals surface area contributed by atoms with E-state index in [-0.39, 0.29) is 5.97 Å². The van der Waals surface area contributed by atoms with Crippen molar-refractivity contribution in [2.24, 2.45) is 7.05 Å². The molecule has 2 rings (SSSR count). The molecular weight excluding hydrogens is 356 g/mol. The molecule has 0 saturated carbocycles. The van der Waals surface area contributed by atoms with Gasteiger partial charge >= 0.3 is 11.7 Å². The van der Waals surface area contributed by atoms with Crippen LogP contribution in [-0.4, -0.2) is 36.9 Å². The molecule has 0 radical (unpaired) electrons. The maximum Gasteiger partial charge on any atom is 0.329 e. The lowest BCUT2D eigenvalue weighted by molar-refractivity contribution is -0.142. The number of fused-ring (bicyclic) bond motifs is 1. The van der Waals surface area contributed by atoms with E-state index in [1.165, 1.54) is 16.3 Å². The molecule has 0 amide bonds. The number of aromatic amines is 1. The molecule has 0 bridgehead atoms. The second kappa shape index (κ2) is 9.07. The molecular formula is C17H26N4O4S. The number of hydrogen-bond acceptors (Lipinski definition) is 6. The smallest absolute Gasteiger partial charge is 0.329 e. The number of hydrogen-bond donors (Lipinski definition) is 1. The van der Waals surface area contributed by atoms with Crippen molar-refractivity contribution in [3.63, 3.8) is 0 Å². The molecule has 1 atom stereocenters. The monoisotopic (exact) mass is 382 g/mol. The number of unbranched alkanes of at least 4 members (excludes halogenated alkanes) is 2. The zero-order valence-corrected chi connectivity index (χ0v) is 16.5. The topological polar surface area (TPSA) is 99.0 Å². The van der Waals surface area contributed by atoms with E-state index in [4.69, 9.17) is 4.74 Å². The van der Waals surface area contributed by atoms with Gasteiger partial charge in [0, 0.05) is 13.6 Å². The van der Waals surface area contributed by atoms with Gasteiger partial charge in [0.15, 0.2) is 16.3 Å². The quantitative estimate of drug-likeness (QED) is 0.405. The third-order valence-corrected chi connectivity index (χ3v) is 5.46. The van der Waals surface area contributed by atoms with Crippen LogP contribution in [0.25, 0.3) is 11.2 Å². The summed E-state index contributed by atoms with van der Waals surface area (Å²) in [5.74, 6) is -0.296. The van der Waals surface area contributed by atoms with Crippen LogP contribution in [0.1, 0.15) is 46.5 Å². The number of rotatable bonds is 9. The summed E-state index contributed by atoms with van der Waals surface area (Å²) in [5.41, 5.74) is -0.265. The van der Waals surface area contributed by atoms with Gasteiger partial charge in [-0.05, 0) is 19.8 Å². The number of esters is 1. The highest BCUT2D eigenvalue weighted by Crippen LogP contribution is 2.28. The van der Waals surface area contributed by atoms with Crippen LogP contribution in [-0.2, 0) is 23.1 Å². The Hall–Kier alpha value is -2.03. The van der Waals surface area contributed by atoms with Gasteiger partial charge in [-0.1, -0.05) is 38.5 Å². The van der Waals surface area contributed by atoms with Crippen molar-refractivity contribution < 1.29 is 9.53 Å². The second-order valence-electron chi connectivity index (χ2n) is 6.01. The van der Waals surface area contributed by atoms with Gasteiger partial charge in [0.2, 0.25) is 0 Å². The fourth-order valence-electron chi connectivity index (χ4n) is 2.69. The number of carbonyl (C=O) groups is 1. The Morgan fingerprint density at radius 1 is 1.27 bits per heavy atom. The number of carbonyl (C=O) groups excluding carboxylic acids is 1. The molecule has 2 aromatic rings.